The average molecular weight is 381 g/mol. The van der Waals surface area contributed by atoms with Crippen molar-refractivity contribution in [2.75, 3.05) is 24.4 Å². The molecular weight excluding hydrogens is 356 g/mol. The molecule has 0 bridgehead atoms. The molecule has 2 aromatic rings. The number of rotatable bonds is 5. The molecule has 0 spiro atoms. The van der Waals surface area contributed by atoms with E-state index >= 15 is 0 Å². The van der Waals surface area contributed by atoms with Gasteiger partial charge in [-0.3, -0.25) is 4.72 Å². The van der Waals surface area contributed by atoms with Crippen molar-refractivity contribution in [3.05, 3.63) is 59.7 Å². The minimum absolute atomic E-state index is 0. The van der Waals surface area contributed by atoms with Crippen LogP contribution in [0.2, 0.25) is 0 Å². The standard InChI is InChI=1S/C19H24N2O2S.ClH/c1-2-12-21-13-10-16-8-9-19(15-17(16)11-14-21)24(22,23)20-18-6-4-3-5-7-18;/h3-9,15,20H,2,10-14H2,1H3;1H. The zero-order valence-corrected chi connectivity index (χ0v) is 16.1. The Morgan fingerprint density at radius 2 is 1.68 bits per heavy atom. The van der Waals surface area contributed by atoms with Crippen LogP contribution < -0.4 is 4.72 Å². The number of nitrogens with one attached hydrogen (secondary N) is 1. The Labute approximate surface area is 156 Å². The average Bonchev–Trinajstić information content (AvgIpc) is 2.78. The number of hydrogen-bond acceptors (Lipinski definition) is 3. The lowest BCUT2D eigenvalue weighted by Gasteiger charge is -2.18. The van der Waals surface area contributed by atoms with Crippen LogP contribution in [-0.4, -0.2) is 33.0 Å². The fourth-order valence-electron chi connectivity index (χ4n) is 3.18. The molecule has 0 unspecified atom stereocenters. The molecule has 4 nitrogen and oxygen atoms in total. The van der Waals surface area contributed by atoms with Gasteiger partial charge in [-0.15, -0.1) is 12.4 Å². The van der Waals surface area contributed by atoms with E-state index in [1.54, 1.807) is 18.2 Å². The lowest BCUT2D eigenvalue weighted by molar-refractivity contribution is 0.288. The number of hydrogen-bond donors (Lipinski definition) is 1. The number of nitrogens with zero attached hydrogens (tertiary/aromatic N) is 1. The van der Waals surface area contributed by atoms with Gasteiger partial charge in [0, 0.05) is 18.8 Å². The lowest BCUT2D eigenvalue weighted by atomic mass is 10.0. The maximum absolute atomic E-state index is 12.6. The summed E-state index contributed by atoms with van der Waals surface area (Å²) in [5.74, 6) is 0. The molecule has 1 heterocycles. The first-order valence-corrected chi connectivity index (χ1v) is 9.99. The third-order valence-corrected chi connectivity index (χ3v) is 5.83. The summed E-state index contributed by atoms with van der Waals surface area (Å²) >= 11 is 0. The number of anilines is 1. The maximum atomic E-state index is 12.6. The Morgan fingerprint density at radius 1 is 1.00 bits per heavy atom. The number of fused-ring (bicyclic) bond motifs is 1. The molecule has 25 heavy (non-hydrogen) atoms. The van der Waals surface area contributed by atoms with Crippen LogP contribution in [0.25, 0.3) is 0 Å². The number of halogens is 1. The smallest absolute Gasteiger partial charge is 0.261 e. The molecule has 0 saturated carbocycles. The van der Waals surface area contributed by atoms with E-state index < -0.39 is 10.0 Å². The van der Waals surface area contributed by atoms with Crippen molar-refractivity contribution in [2.45, 2.75) is 31.1 Å². The molecule has 2 aromatic carbocycles. The van der Waals surface area contributed by atoms with E-state index in [2.05, 4.69) is 16.5 Å². The Balaban J connectivity index is 0.00000225. The van der Waals surface area contributed by atoms with Crippen molar-refractivity contribution >= 4 is 28.1 Å². The first-order chi connectivity index (χ1) is 11.6. The molecule has 0 aromatic heterocycles. The SMILES string of the molecule is CCCN1CCc2ccc(S(=O)(=O)Nc3ccccc3)cc2CC1.Cl. The van der Waals surface area contributed by atoms with Crippen LogP contribution in [-0.2, 0) is 22.9 Å². The fourth-order valence-corrected chi connectivity index (χ4v) is 4.28. The van der Waals surface area contributed by atoms with Gasteiger partial charge in [0.15, 0.2) is 0 Å². The predicted octanol–water partition coefficient (Wildman–Crippen LogP) is 3.72. The van der Waals surface area contributed by atoms with Crippen molar-refractivity contribution in [1.82, 2.24) is 4.90 Å². The van der Waals surface area contributed by atoms with E-state index in [0.29, 0.717) is 10.6 Å². The van der Waals surface area contributed by atoms with E-state index in [0.717, 1.165) is 44.5 Å². The second kappa shape index (κ2) is 8.70. The Morgan fingerprint density at radius 3 is 2.36 bits per heavy atom. The summed E-state index contributed by atoms with van der Waals surface area (Å²) in [6.45, 7) is 5.35. The Bertz CT molecular complexity index is 794. The first-order valence-electron chi connectivity index (χ1n) is 8.50. The van der Waals surface area contributed by atoms with Gasteiger partial charge in [0.2, 0.25) is 0 Å². The molecule has 0 atom stereocenters. The van der Waals surface area contributed by atoms with Gasteiger partial charge in [-0.1, -0.05) is 31.2 Å². The lowest BCUT2D eigenvalue weighted by Crippen LogP contribution is -2.27. The van der Waals surface area contributed by atoms with E-state index in [-0.39, 0.29) is 12.4 Å². The fraction of sp³-hybridized carbons (Fsp3) is 0.368. The topological polar surface area (TPSA) is 49.4 Å². The highest BCUT2D eigenvalue weighted by Gasteiger charge is 2.19. The van der Waals surface area contributed by atoms with Gasteiger partial charge in [-0.05, 0) is 61.2 Å². The summed E-state index contributed by atoms with van der Waals surface area (Å²) in [7, 11) is -3.55. The second-order valence-electron chi connectivity index (χ2n) is 6.24. The molecule has 0 aliphatic carbocycles. The molecule has 0 fully saturated rings. The highest BCUT2D eigenvalue weighted by molar-refractivity contribution is 7.92. The third kappa shape index (κ3) is 4.97. The summed E-state index contributed by atoms with van der Waals surface area (Å²) in [4.78, 5) is 2.80. The van der Waals surface area contributed by atoms with Crippen LogP contribution in [0.5, 0.6) is 0 Å². The van der Waals surface area contributed by atoms with E-state index in [9.17, 15) is 8.42 Å². The molecule has 0 amide bonds. The largest absolute Gasteiger partial charge is 0.303 e. The second-order valence-corrected chi connectivity index (χ2v) is 7.93. The van der Waals surface area contributed by atoms with Gasteiger partial charge >= 0.3 is 0 Å². The molecular formula is C19H25ClN2O2S. The molecule has 0 radical (unpaired) electrons. The summed E-state index contributed by atoms with van der Waals surface area (Å²) in [6.07, 6.45) is 3.04. The highest BCUT2D eigenvalue weighted by atomic mass is 35.5. The van der Waals surface area contributed by atoms with Gasteiger partial charge < -0.3 is 4.90 Å². The van der Waals surface area contributed by atoms with Gasteiger partial charge in [0.25, 0.3) is 10.0 Å². The maximum Gasteiger partial charge on any atom is 0.261 e. The molecule has 1 aliphatic rings. The van der Waals surface area contributed by atoms with Crippen LogP contribution in [0.4, 0.5) is 5.69 Å². The highest BCUT2D eigenvalue weighted by Crippen LogP contribution is 2.22. The number of para-hydroxylation sites is 1. The van der Waals surface area contributed by atoms with Crippen molar-refractivity contribution in [2.24, 2.45) is 0 Å². The summed E-state index contributed by atoms with van der Waals surface area (Å²) in [5.41, 5.74) is 3.01. The Kier molecular flexibility index (Phi) is 6.87. The molecule has 136 valence electrons. The van der Waals surface area contributed by atoms with Crippen molar-refractivity contribution in [3.8, 4) is 0 Å². The molecule has 0 saturated heterocycles. The third-order valence-electron chi connectivity index (χ3n) is 4.45. The zero-order chi connectivity index (χ0) is 17.0. The van der Waals surface area contributed by atoms with Crippen LogP contribution >= 0.6 is 12.4 Å². The summed E-state index contributed by atoms with van der Waals surface area (Å²) in [6, 6.07) is 14.5. The minimum Gasteiger partial charge on any atom is -0.303 e. The van der Waals surface area contributed by atoms with Crippen LogP contribution in [0.3, 0.4) is 0 Å². The molecule has 1 N–H and O–H groups in total. The summed E-state index contributed by atoms with van der Waals surface area (Å²) < 4.78 is 27.9. The zero-order valence-electron chi connectivity index (χ0n) is 14.4. The minimum atomic E-state index is -3.55. The van der Waals surface area contributed by atoms with Gasteiger partial charge in [0.1, 0.15) is 0 Å². The van der Waals surface area contributed by atoms with Crippen LogP contribution in [0, 0.1) is 0 Å². The molecule has 6 heteroatoms. The van der Waals surface area contributed by atoms with Crippen LogP contribution in [0.1, 0.15) is 24.5 Å². The molecule has 3 rings (SSSR count). The number of benzene rings is 2. The predicted molar refractivity (Wildman–Crippen MR) is 105 cm³/mol. The van der Waals surface area contributed by atoms with E-state index in [4.69, 9.17) is 0 Å². The van der Waals surface area contributed by atoms with Gasteiger partial charge in [-0.25, -0.2) is 8.42 Å². The van der Waals surface area contributed by atoms with E-state index in [1.165, 1.54) is 5.56 Å². The van der Waals surface area contributed by atoms with E-state index in [1.807, 2.05) is 30.3 Å². The van der Waals surface area contributed by atoms with Crippen molar-refractivity contribution in [1.29, 1.82) is 0 Å². The quantitative estimate of drug-likeness (QED) is 0.859. The Hall–Kier alpha value is -1.56. The van der Waals surface area contributed by atoms with Gasteiger partial charge in [-0.2, -0.15) is 0 Å². The number of sulfonamides is 1. The van der Waals surface area contributed by atoms with Crippen molar-refractivity contribution < 1.29 is 8.42 Å². The molecule has 1 aliphatic heterocycles. The van der Waals surface area contributed by atoms with Gasteiger partial charge in [0.05, 0.1) is 4.90 Å². The van der Waals surface area contributed by atoms with Crippen LogP contribution in [0.15, 0.2) is 53.4 Å². The normalized spacial score (nSPS) is 14.9. The first kappa shape index (κ1) is 19.8. The van der Waals surface area contributed by atoms with Crippen molar-refractivity contribution in [3.63, 3.8) is 0 Å². The summed E-state index contributed by atoms with van der Waals surface area (Å²) in [5, 5.41) is 0. The monoisotopic (exact) mass is 380 g/mol.